The first-order chi connectivity index (χ1) is 21.8. The molecule has 8 nitrogen and oxygen atoms in total. The molecule has 2 heterocycles. The summed E-state index contributed by atoms with van der Waals surface area (Å²) in [6.45, 7) is 0. The summed E-state index contributed by atoms with van der Waals surface area (Å²) in [6, 6.07) is 17.4. The van der Waals surface area contributed by atoms with E-state index in [4.69, 9.17) is 0 Å². The summed E-state index contributed by atoms with van der Waals surface area (Å²) in [6.07, 6.45) is -3.48. The van der Waals surface area contributed by atoms with E-state index in [-0.39, 0.29) is 12.8 Å². The van der Waals surface area contributed by atoms with Crippen LogP contribution in [0, 0.1) is 0 Å². The summed E-state index contributed by atoms with van der Waals surface area (Å²) < 4.78 is 82.3. The number of carbonyl (C=O) groups is 2. The highest BCUT2D eigenvalue weighted by Gasteiger charge is 2.31. The average Bonchev–Trinajstić information content (AvgIpc) is 2.95. The van der Waals surface area contributed by atoms with Gasteiger partial charge in [0.05, 0.1) is 12.8 Å². The molecular weight excluding hydrogens is 618 g/mol. The average molecular weight is 647 g/mol. The van der Waals surface area contributed by atoms with E-state index in [0.717, 1.165) is 61.1 Å². The van der Waals surface area contributed by atoms with Crippen LogP contribution in [0.4, 0.5) is 38.0 Å². The number of carbonyl (C=O) groups excluding carboxylic acids is 2. The second-order valence-corrected chi connectivity index (χ2v) is 10.2. The minimum Gasteiger partial charge on any atom is -0.406 e. The topological polar surface area (TPSA) is 102 Å². The summed E-state index contributed by atoms with van der Waals surface area (Å²) in [5.41, 5.74) is 2.63. The molecule has 0 unspecified atom stereocenters. The van der Waals surface area contributed by atoms with Crippen molar-refractivity contribution in [2.45, 2.75) is 51.2 Å². The summed E-state index contributed by atoms with van der Waals surface area (Å²) in [7, 11) is 0. The molecule has 4 aromatic rings. The molecule has 2 N–H and O–H groups in total. The summed E-state index contributed by atoms with van der Waals surface area (Å²) >= 11 is 0. The Morgan fingerprint density at radius 2 is 1.00 bits per heavy atom. The van der Waals surface area contributed by atoms with Crippen LogP contribution >= 0.6 is 0 Å². The fourth-order valence-corrected chi connectivity index (χ4v) is 4.40. The van der Waals surface area contributed by atoms with Crippen LogP contribution in [-0.4, -0.2) is 34.5 Å². The molecule has 0 aliphatic carbocycles. The van der Waals surface area contributed by atoms with Gasteiger partial charge in [0, 0.05) is 12.4 Å². The van der Waals surface area contributed by atoms with Crippen LogP contribution < -0.4 is 20.1 Å². The van der Waals surface area contributed by atoms with Crippen molar-refractivity contribution in [3.8, 4) is 11.5 Å². The Labute approximate surface area is 259 Å². The second kappa shape index (κ2) is 15.2. The van der Waals surface area contributed by atoms with Crippen LogP contribution in [0.2, 0.25) is 0 Å². The van der Waals surface area contributed by atoms with Gasteiger partial charge in [-0.15, -0.1) is 26.3 Å². The lowest BCUT2D eigenvalue weighted by Gasteiger charge is -2.10. The second-order valence-electron chi connectivity index (χ2n) is 10.2. The van der Waals surface area contributed by atoms with E-state index >= 15 is 0 Å². The number of ether oxygens (including phenoxy) is 2. The number of rotatable bonds is 13. The number of pyridine rings is 2. The molecule has 2 aromatic carbocycles. The Morgan fingerprint density at radius 1 is 0.587 bits per heavy atom. The fourth-order valence-electron chi connectivity index (χ4n) is 4.40. The van der Waals surface area contributed by atoms with Crippen molar-refractivity contribution in [1.29, 1.82) is 0 Å². The van der Waals surface area contributed by atoms with E-state index in [1.165, 1.54) is 24.3 Å². The van der Waals surface area contributed by atoms with Crippen molar-refractivity contribution < 1.29 is 45.4 Å². The molecule has 0 aliphatic heterocycles. The van der Waals surface area contributed by atoms with Gasteiger partial charge in [-0.25, -0.2) is 9.97 Å². The Hall–Kier alpha value is -5.14. The third kappa shape index (κ3) is 12.1. The summed E-state index contributed by atoms with van der Waals surface area (Å²) in [5, 5.41) is 5.25. The molecule has 0 bridgehead atoms. The number of nitrogens with zero attached hydrogens (tertiary/aromatic N) is 2. The van der Waals surface area contributed by atoms with Crippen LogP contribution in [0.15, 0.2) is 85.2 Å². The van der Waals surface area contributed by atoms with Gasteiger partial charge >= 0.3 is 12.7 Å². The van der Waals surface area contributed by atoms with E-state index in [2.05, 4.69) is 30.1 Å². The van der Waals surface area contributed by atoms with Crippen molar-refractivity contribution in [2.75, 3.05) is 10.6 Å². The molecule has 0 saturated heterocycles. The number of aryl methyl sites for hydroxylation is 2. The van der Waals surface area contributed by atoms with Gasteiger partial charge in [0.15, 0.2) is 0 Å². The minimum absolute atomic E-state index is 0.153. The summed E-state index contributed by atoms with van der Waals surface area (Å²) in [5.74, 6) is -1.04. The molecule has 0 atom stereocenters. The Kier molecular flexibility index (Phi) is 11.2. The number of benzene rings is 2. The monoisotopic (exact) mass is 646 g/mol. The highest BCUT2D eigenvalue weighted by atomic mass is 19.4. The number of nitrogens with one attached hydrogen (secondary N) is 2. The van der Waals surface area contributed by atoms with Crippen molar-refractivity contribution >= 4 is 23.5 Å². The molecule has 0 radical (unpaired) electrons. The van der Waals surface area contributed by atoms with Gasteiger partial charge < -0.3 is 20.1 Å². The SMILES string of the molecule is O=C(Cc1cccc(OC(F)(F)F)c1)Nc1ccc(CCCCc2ccc(NC(=O)Cc3cccc(OC(F)(F)F)c3)nc2)cn1. The standard InChI is InChI=1S/C32H28F6N4O4/c33-31(34,35)45-25-9-3-7-23(15-25)17-29(43)41-27-13-11-21(19-39-27)5-1-2-6-22-12-14-28(40-20-22)42-30(44)18-24-8-4-10-26(16-24)46-32(36,37)38/h3-4,7-16,19-20H,1-2,5-6,17-18H2,(H,39,41,43)(H,40,42,44). The van der Waals surface area contributed by atoms with E-state index < -0.39 is 36.0 Å². The molecule has 46 heavy (non-hydrogen) atoms. The number of hydrogen-bond acceptors (Lipinski definition) is 6. The quantitative estimate of drug-likeness (QED) is 0.118. The molecule has 4 rings (SSSR count). The summed E-state index contributed by atoms with van der Waals surface area (Å²) in [4.78, 5) is 33.1. The predicted molar refractivity (Wildman–Crippen MR) is 156 cm³/mol. The van der Waals surface area contributed by atoms with Crippen LogP contribution in [0.25, 0.3) is 0 Å². The third-order valence-corrected chi connectivity index (χ3v) is 6.36. The maximum Gasteiger partial charge on any atom is 0.573 e. The first-order valence-corrected chi connectivity index (χ1v) is 14.0. The van der Waals surface area contributed by atoms with Gasteiger partial charge in [0.25, 0.3) is 0 Å². The number of anilines is 2. The van der Waals surface area contributed by atoms with Gasteiger partial charge in [-0.3, -0.25) is 9.59 Å². The first kappa shape index (κ1) is 33.7. The normalized spacial score (nSPS) is 11.5. The highest BCUT2D eigenvalue weighted by Crippen LogP contribution is 2.25. The van der Waals surface area contributed by atoms with Crippen molar-refractivity contribution in [2.24, 2.45) is 0 Å². The van der Waals surface area contributed by atoms with E-state index in [1.807, 2.05) is 12.1 Å². The highest BCUT2D eigenvalue weighted by molar-refractivity contribution is 5.92. The number of amides is 2. The van der Waals surface area contributed by atoms with Crippen LogP contribution in [0.5, 0.6) is 11.5 Å². The molecule has 2 amide bonds. The molecule has 0 saturated carbocycles. The Balaban J connectivity index is 1.15. The third-order valence-electron chi connectivity index (χ3n) is 6.36. The Morgan fingerprint density at radius 3 is 1.35 bits per heavy atom. The molecule has 0 aliphatic rings. The number of halogens is 6. The maximum absolute atomic E-state index is 12.4. The van der Waals surface area contributed by atoms with Gasteiger partial charge in [-0.1, -0.05) is 36.4 Å². The molecule has 0 fully saturated rings. The van der Waals surface area contributed by atoms with Crippen LogP contribution in [0.1, 0.15) is 35.1 Å². The minimum atomic E-state index is -4.82. The molecular formula is C32H28F6N4O4. The zero-order valence-corrected chi connectivity index (χ0v) is 24.1. The number of unbranched alkanes of at least 4 members (excludes halogenated alkanes) is 1. The van der Waals surface area contributed by atoms with E-state index in [0.29, 0.717) is 22.8 Å². The lowest BCUT2D eigenvalue weighted by molar-refractivity contribution is -0.275. The maximum atomic E-state index is 12.4. The van der Waals surface area contributed by atoms with Crippen molar-refractivity contribution in [1.82, 2.24) is 9.97 Å². The molecule has 242 valence electrons. The zero-order chi connectivity index (χ0) is 33.2. The fraction of sp³-hybridized carbons (Fsp3) is 0.250. The van der Waals surface area contributed by atoms with Gasteiger partial charge in [0.1, 0.15) is 23.1 Å². The largest absolute Gasteiger partial charge is 0.573 e. The molecule has 0 spiro atoms. The van der Waals surface area contributed by atoms with E-state index in [9.17, 15) is 35.9 Å². The van der Waals surface area contributed by atoms with Crippen LogP contribution in [-0.2, 0) is 35.3 Å². The molecule has 14 heteroatoms. The number of hydrogen-bond donors (Lipinski definition) is 2. The lowest BCUT2D eigenvalue weighted by atomic mass is 10.1. The van der Waals surface area contributed by atoms with Crippen molar-refractivity contribution in [3.05, 3.63) is 107 Å². The smallest absolute Gasteiger partial charge is 0.406 e. The van der Waals surface area contributed by atoms with Crippen LogP contribution in [0.3, 0.4) is 0 Å². The number of alkyl halides is 6. The zero-order valence-electron chi connectivity index (χ0n) is 24.1. The lowest BCUT2D eigenvalue weighted by Crippen LogP contribution is -2.18. The van der Waals surface area contributed by atoms with Gasteiger partial charge in [-0.2, -0.15) is 0 Å². The first-order valence-electron chi connectivity index (χ1n) is 14.0. The van der Waals surface area contributed by atoms with Crippen molar-refractivity contribution in [3.63, 3.8) is 0 Å². The van der Waals surface area contributed by atoms with E-state index in [1.54, 1.807) is 24.5 Å². The number of aromatic nitrogens is 2. The Bertz CT molecular complexity index is 1490. The predicted octanol–water partition coefficient (Wildman–Crippen LogP) is 7.20. The van der Waals surface area contributed by atoms with Gasteiger partial charge in [0.2, 0.25) is 11.8 Å². The van der Waals surface area contributed by atoms with Gasteiger partial charge in [-0.05, 0) is 84.3 Å². The molecule has 2 aromatic heterocycles.